The van der Waals surface area contributed by atoms with Crippen molar-refractivity contribution >= 4 is 23.6 Å². The second kappa shape index (κ2) is 9.30. The molecule has 1 aromatic carbocycles. The Morgan fingerprint density at radius 3 is 1.84 bits per heavy atom. The van der Waals surface area contributed by atoms with E-state index in [0.717, 1.165) is 10.5 Å². The van der Waals surface area contributed by atoms with Crippen LogP contribution in [0.1, 0.15) is 46.1 Å². The lowest BCUT2D eigenvalue weighted by molar-refractivity contribution is -0.247. The van der Waals surface area contributed by atoms with Gasteiger partial charge >= 0.3 is 0 Å². The Balaban J connectivity index is 3.17. The molecule has 0 saturated heterocycles. The van der Waals surface area contributed by atoms with Gasteiger partial charge in [-0.1, -0.05) is 33.8 Å². The normalized spacial score (nSPS) is 11.0. The molecule has 2 amide bonds. The van der Waals surface area contributed by atoms with Gasteiger partial charge in [-0.3, -0.25) is 0 Å². The van der Waals surface area contributed by atoms with Crippen molar-refractivity contribution in [3.8, 4) is 0 Å². The number of hydrogen-bond acceptors (Lipinski definition) is 4. The summed E-state index contributed by atoms with van der Waals surface area (Å²) in [6.07, 6.45) is -1.20. The maximum absolute atomic E-state index is 11.6. The van der Waals surface area contributed by atoms with Crippen molar-refractivity contribution in [2.24, 2.45) is 11.8 Å². The number of benzene rings is 1. The molecule has 0 aliphatic heterocycles. The SMILES string of the molecule is Cc1ccc(N(CCC(C)C)C(=O)[O-])cc1N(CCC(C)C)C(=O)[O-]. The lowest BCUT2D eigenvalue weighted by Gasteiger charge is -2.31. The van der Waals surface area contributed by atoms with E-state index in [4.69, 9.17) is 0 Å². The van der Waals surface area contributed by atoms with Crippen molar-refractivity contribution < 1.29 is 19.8 Å². The van der Waals surface area contributed by atoms with Crippen LogP contribution in [0.3, 0.4) is 0 Å². The van der Waals surface area contributed by atoms with E-state index in [9.17, 15) is 19.8 Å². The zero-order valence-electron chi connectivity index (χ0n) is 15.7. The van der Waals surface area contributed by atoms with Gasteiger partial charge in [0.15, 0.2) is 0 Å². The van der Waals surface area contributed by atoms with Gasteiger partial charge in [-0.2, -0.15) is 0 Å². The molecule has 6 heteroatoms. The van der Waals surface area contributed by atoms with Crippen LogP contribution >= 0.6 is 0 Å². The van der Waals surface area contributed by atoms with Crippen LogP contribution in [-0.2, 0) is 0 Å². The molecule has 0 atom stereocenters. The first kappa shape index (κ1) is 20.8. The molecule has 0 radical (unpaired) electrons. The van der Waals surface area contributed by atoms with E-state index >= 15 is 0 Å². The first-order valence-electron chi connectivity index (χ1n) is 8.71. The third-order valence-electron chi connectivity index (χ3n) is 4.10. The first-order valence-corrected chi connectivity index (χ1v) is 8.71. The van der Waals surface area contributed by atoms with Crippen LogP contribution in [0.15, 0.2) is 18.2 Å². The summed E-state index contributed by atoms with van der Waals surface area (Å²) in [5, 5.41) is 23.1. The summed E-state index contributed by atoms with van der Waals surface area (Å²) in [5.74, 6) is 0.689. The Morgan fingerprint density at radius 2 is 1.40 bits per heavy atom. The molecule has 25 heavy (non-hydrogen) atoms. The summed E-state index contributed by atoms with van der Waals surface area (Å²) in [4.78, 5) is 25.4. The molecule has 0 aliphatic rings. The minimum Gasteiger partial charge on any atom is -0.530 e. The summed E-state index contributed by atoms with van der Waals surface area (Å²) >= 11 is 0. The maximum Gasteiger partial charge on any atom is 0.141 e. The average Bonchev–Trinajstić information content (AvgIpc) is 2.48. The molecule has 1 aromatic rings. The number of anilines is 2. The van der Waals surface area contributed by atoms with Crippen molar-refractivity contribution in [3.05, 3.63) is 23.8 Å². The molecule has 0 spiro atoms. The van der Waals surface area contributed by atoms with E-state index < -0.39 is 12.2 Å². The van der Waals surface area contributed by atoms with E-state index in [2.05, 4.69) is 0 Å². The zero-order chi connectivity index (χ0) is 19.1. The molecule has 1 rings (SSSR count). The van der Waals surface area contributed by atoms with Crippen molar-refractivity contribution in [2.45, 2.75) is 47.5 Å². The second-order valence-corrected chi connectivity index (χ2v) is 7.17. The minimum absolute atomic E-state index is 0.305. The van der Waals surface area contributed by atoms with E-state index in [1.807, 2.05) is 27.7 Å². The highest BCUT2D eigenvalue weighted by atomic mass is 16.4. The van der Waals surface area contributed by atoms with Gasteiger partial charge in [0, 0.05) is 24.5 Å². The standard InChI is InChI=1S/C19H30N2O4/c1-13(2)8-10-20(18(22)23)16-7-6-15(5)17(12-16)21(19(24)25)11-9-14(3)4/h6-7,12-14H,8-11H2,1-5H3,(H,22,23)(H,24,25)/p-2. The third kappa shape index (κ3) is 6.29. The van der Waals surface area contributed by atoms with Gasteiger partial charge in [0.2, 0.25) is 0 Å². The molecule has 0 aromatic heterocycles. The highest BCUT2D eigenvalue weighted by molar-refractivity contribution is 5.90. The predicted molar refractivity (Wildman–Crippen MR) is 95.6 cm³/mol. The largest absolute Gasteiger partial charge is 0.530 e. The molecule has 0 N–H and O–H groups in total. The molecule has 0 saturated carbocycles. The Hall–Kier alpha value is -2.24. The summed E-state index contributed by atoms with van der Waals surface area (Å²) in [6, 6.07) is 4.98. The summed E-state index contributed by atoms with van der Waals surface area (Å²) in [6.45, 7) is 10.5. The van der Waals surface area contributed by atoms with Gasteiger partial charge in [0.1, 0.15) is 12.2 Å². The van der Waals surface area contributed by atoms with E-state index in [-0.39, 0.29) is 0 Å². The number of aryl methyl sites for hydroxylation is 1. The van der Waals surface area contributed by atoms with Gasteiger partial charge in [-0.05, 0) is 49.3 Å². The first-order chi connectivity index (χ1) is 11.6. The molecule has 140 valence electrons. The van der Waals surface area contributed by atoms with Crippen molar-refractivity contribution in [1.29, 1.82) is 0 Å². The van der Waals surface area contributed by atoms with Crippen molar-refractivity contribution in [2.75, 3.05) is 22.9 Å². The predicted octanol–water partition coefficient (Wildman–Crippen LogP) is 2.39. The molecular weight excluding hydrogens is 320 g/mol. The molecule has 0 fully saturated rings. The fourth-order valence-corrected chi connectivity index (χ4v) is 2.47. The van der Waals surface area contributed by atoms with Gasteiger partial charge in [0.25, 0.3) is 0 Å². The molecule has 0 bridgehead atoms. The van der Waals surface area contributed by atoms with Crippen LogP contribution < -0.4 is 20.0 Å². The molecule has 0 unspecified atom stereocenters. The van der Waals surface area contributed by atoms with E-state index in [1.165, 1.54) is 4.90 Å². The van der Waals surface area contributed by atoms with Crippen molar-refractivity contribution in [1.82, 2.24) is 0 Å². The Morgan fingerprint density at radius 1 is 0.920 bits per heavy atom. The van der Waals surface area contributed by atoms with Gasteiger partial charge in [-0.25, -0.2) is 0 Å². The number of carbonyl (C=O) groups excluding carboxylic acids is 2. The van der Waals surface area contributed by atoms with Crippen LogP contribution in [0.4, 0.5) is 21.0 Å². The quantitative estimate of drug-likeness (QED) is 0.722. The van der Waals surface area contributed by atoms with Crippen LogP contribution in [-0.4, -0.2) is 25.3 Å². The summed E-state index contributed by atoms with van der Waals surface area (Å²) < 4.78 is 0. The third-order valence-corrected chi connectivity index (χ3v) is 4.10. The Kier molecular flexibility index (Phi) is 7.74. The van der Waals surface area contributed by atoms with E-state index in [0.29, 0.717) is 49.1 Å². The highest BCUT2D eigenvalue weighted by Gasteiger charge is 2.15. The van der Waals surface area contributed by atoms with Crippen molar-refractivity contribution in [3.63, 3.8) is 0 Å². The summed E-state index contributed by atoms with van der Waals surface area (Å²) in [5.41, 5.74) is 1.62. The van der Waals surface area contributed by atoms with Gasteiger partial charge in [-0.15, -0.1) is 0 Å². The molecule has 0 aliphatic carbocycles. The maximum atomic E-state index is 11.6. The topological polar surface area (TPSA) is 86.7 Å². The van der Waals surface area contributed by atoms with Crippen LogP contribution in [0, 0.1) is 18.8 Å². The number of carboxylic acid groups (broad SMARTS) is 2. The molecular formula is C19H28N2O4-2. The number of nitrogens with zero attached hydrogens (tertiary/aromatic N) is 2. The van der Waals surface area contributed by atoms with Crippen LogP contribution in [0.2, 0.25) is 0 Å². The van der Waals surface area contributed by atoms with Gasteiger partial charge in [0.05, 0.1) is 0 Å². The lowest BCUT2D eigenvalue weighted by Crippen LogP contribution is -2.44. The van der Waals surface area contributed by atoms with Crippen LogP contribution in [0.5, 0.6) is 0 Å². The zero-order valence-corrected chi connectivity index (χ0v) is 15.7. The number of hydrogen-bond donors (Lipinski definition) is 0. The molecule has 6 nitrogen and oxygen atoms in total. The van der Waals surface area contributed by atoms with Crippen LogP contribution in [0.25, 0.3) is 0 Å². The molecule has 0 heterocycles. The Labute approximate surface area is 150 Å². The monoisotopic (exact) mass is 348 g/mol. The smallest absolute Gasteiger partial charge is 0.141 e. The lowest BCUT2D eigenvalue weighted by atomic mass is 10.1. The number of carbonyl (C=O) groups is 2. The van der Waals surface area contributed by atoms with E-state index in [1.54, 1.807) is 25.1 Å². The average molecular weight is 348 g/mol. The van der Waals surface area contributed by atoms with Gasteiger partial charge < -0.3 is 29.6 Å². The summed E-state index contributed by atoms with van der Waals surface area (Å²) in [7, 11) is 0. The minimum atomic E-state index is -1.29. The highest BCUT2D eigenvalue weighted by Crippen LogP contribution is 2.27. The number of rotatable bonds is 8. The fraction of sp³-hybridized carbons (Fsp3) is 0.579. The fourth-order valence-electron chi connectivity index (χ4n) is 2.47. The second-order valence-electron chi connectivity index (χ2n) is 7.17. The Bertz CT molecular complexity index is 599. The number of amides is 2.